The number of carbonyl (C=O) groups excluding carboxylic acids is 1. The zero-order valence-corrected chi connectivity index (χ0v) is 16.4. The molecule has 1 fully saturated rings. The standard InChI is InChI=1S/C20H23N5O2S/c26-18(21-13-16-5-2-1-3-6-16)14-24-8-10-25(11-9-24)15-19-22-23-20(27-19)17-7-4-12-28-17/h1-7,12H,8-11,13-15H2,(H,21,26). The fourth-order valence-corrected chi connectivity index (χ4v) is 3.81. The molecule has 1 aromatic carbocycles. The number of rotatable bonds is 7. The van der Waals surface area contributed by atoms with Gasteiger partial charge >= 0.3 is 0 Å². The molecule has 1 aliphatic heterocycles. The molecule has 3 aromatic rings. The second-order valence-electron chi connectivity index (χ2n) is 6.79. The summed E-state index contributed by atoms with van der Waals surface area (Å²) in [6.07, 6.45) is 0. The summed E-state index contributed by atoms with van der Waals surface area (Å²) < 4.78 is 5.76. The third-order valence-electron chi connectivity index (χ3n) is 4.72. The number of nitrogens with one attached hydrogen (secondary N) is 1. The van der Waals surface area contributed by atoms with Gasteiger partial charge in [0.25, 0.3) is 5.89 Å². The van der Waals surface area contributed by atoms with E-state index in [1.54, 1.807) is 11.3 Å². The minimum Gasteiger partial charge on any atom is -0.419 e. The van der Waals surface area contributed by atoms with E-state index in [4.69, 9.17) is 4.42 Å². The second kappa shape index (κ2) is 9.09. The van der Waals surface area contributed by atoms with Gasteiger partial charge in [-0.05, 0) is 17.0 Å². The molecule has 1 N–H and O–H groups in total. The Morgan fingerprint density at radius 1 is 1.04 bits per heavy atom. The quantitative estimate of drug-likeness (QED) is 0.659. The Kier molecular flexibility index (Phi) is 6.11. The molecule has 4 rings (SSSR count). The smallest absolute Gasteiger partial charge is 0.257 e. The lowest BCUT2D eigenvalue weighted by molar-refractivity contribution is -0.122. The van der Waals surface area contributed by atoms with Crippen molar-refractivity contribution < 1.29 is 9.21 Å². The van der Waals surface area contributed by atoms with Gasteiger partial charge in [-0.25, -0.2) is 0 Å². The Morgan fingerprint density at radius 2 is 1.82 bits per heavy atom. The summed E-state index contributed by atoms with van der Waals surface area (Å²) in [7, 11) is 0. The molecule has 146 valence electrons. The Bertz CT molecular complexity index is 873. The van der Waals surface area contributed by atoms with E-state index in [9.17, 15) is 4.79 Å². The Labute approximate surface area is 168 Å². The summed E-state index contributed by atoms with van der Waals surface area (Å²) in [6, 6.07) is 13.9. The highest BCUT2D eigenvalue weighted by atomic mass is 32.1. The third kappa shape index (κ3) is 5.03. The molecule has 0 aliphatic carbocycles. The topological polar surface area (TPSA) is 74.5 Å². The number of nitrogens with zero attached hydrogens (tertiary/aromatic N) is 4. The highest BCUT2D eigenvalue weighted by molar-refractivity contribution is 7.13. The van der Waals surface area contributed by atoms with Gasteiger partial charge in [-0.3, -0.25) is 14.6 Å². The summed E-state index contributed by atoms with van der Waals surface area (Å²) in [5.74, 6) is 1.28. The van der Waals surface area contributed by atoms with Gasteiger partial charge in [0.2, 0.25) is 11.8 Å². The lowest BCUT2D eigenvalue weighted by Crippen LogP contribution is -2.49. The lowest BCUT2D eigenvalue weighted by atomic mass is 10.2. The molecule has 3 heterocycles. The molecule has 1 saturated heterocycles. The molecule has 0 saturated carbocycles. The van der Waals surface area contributed by atoms with Crippen molar-refractivity contribution in [1.82, 2.24) is 25.3 Å². The van der Waals surface area contributed by atoms with Crippen molar-refractivity contribution in [1.29, 1.82) is 0 Å². The molecule has 0 bridgehead atoms. The average molecular weight is 398 g/mol. The van der Waals surface area contributed by atoms with Crippen LogP contribution in [0.3, 0.4) is 0 Å². The molecule has 7 nitrogen and oxygen atoms in total. The molecule has 8 heteroatoms. The molecular weight excluding hydrogens is 374 g/mol. The molecule has 28 heavy (non-hydrogen) atoms. The van der Waals surface area contributed by atoms with Gasteiger partial charge in [0.05, 0.1) is 18.0 Å². The van der Waals surface area contributed by atoms with E-state index in [0.717, 1.165) is 36.6 Å². The summed E-state index contributed by atoms with van der Waals surface area (Å²) in [6.45, 7) is 5.11. The van der Waals surface area contributed by atoms with Crippen LogP contribution in [-0.4, -0.2) is 58.6 Å². The fraction of sp³-hybridized carbons (Fsp3) is 0.350. The molecule has 2 aromatic heterocycles. The SMILES string of the molecule is O=C(CN1CCN(Cc2nnc(-c3cccs3)o2)CC1)NCc1ccccc1. The van der Waals surface area contributed by atoms with Crippen LogP contribution in [0.25, 0.3) is 10.8 Å². The third-order valence-corrected chi connectivity index (χ3v) is 5.58. The molecule has 0 radical (unpaired) electrons. The minimum absolute atomic E-state index is 0.0646. The highest BCUT2D eigenvalue weighted by Gasteiger charge is 2.21. The van der Waals surface area contributed by atoms with Crippen molar-refractivity contribution in [2.24, 2.45) is 0 Å². The molecule has 1 amide bonds. The van der Waals surface area contributed by atoms with Crippen molar-refractivity contribution in [3.05, 3.63) is 59.3 Å². The second-order valence-corrected chi connectivity index (χ2v) is 7.74. The first-order chi connectivity index (χ1) is 13.8. The van der Waals surface area contributed by atoms with E-state index in [0.29, 0.717) is 31.4 Å². The first-order valence-electron chi connectivity index (χ1n) is 9.38. The van der Waals surface area contributed by atoms with Gasteiger partial charge in [0, 0.05) is 32.7 Å². The summed E-state index contributed by atoms with van der Waals surface area (Å²) in [5, 5.41) is 13.3. The van der Waals surface area contributed by atoms with Crippen molar-refractivity contribution in [3.8, 4) is 10.8 Å². The van der Waals surface area contributed by atoms with E-state index < -0.39 is 0 Å². The number of hydrogen-bond donors (Lipinski definition) is 1. The van der Waals surface area contributed by atoms with Crippen molar-refractivity contribution >= 4 is 17.2 Å². The summed E-state index contributed by atoms with van der Waals surface area (Å²) in [5.41, 5.74) is 1.11. The lowest BCUT2D eigenvalue weighted by Gasteiger charge is -2.33. The van der Waals surface area contributed by atoms with Crippen LogP contribution in [0, 0.1) is 0 Å². The van der Waals surface area contributed by atoms with Crippen LogP contribution < -0.4 is 5.32 Å². The van der Waals surface area contributed by atoms with Crippen LogP contribution in [0.15, 0.2) is 52.3 Å². The predicted molar refractivity (Wildman–Crippen MR) is 108 cm³/mol. The van der Waals surface area contributed by atoms with E-state index in [-0.39, 0.29) is 5.91 Å². The summed E-state index contributed by atoms with van der Waals surface area (Å²) >= 11 is 1.59. The first-order valence-corrected chi connectivity index (χ1v) is 10.3. The van der Waals surface area contributed by atoms with Crippen LogP contribution in [0.1, 0.15) is 11.5 Å². The summed E-state index contributed by atoms with van der Waals surface area (Å²) in [4.78, 5) is 17.6. The Morgan fingerprint density at radius 3 is 2.57 bits per heavy atom. The first kappa shape index (κ1) is 18.8. The van der Waals surface area contributed by atoms with Gasteiger partial charge in [-0.15, -0.1) is 21.5 Å². The number of hydrogen-bond acceptors (Lipinski definition) is 7. The maximum absolute atomic E-state index is 12.2. The maximum atomic E-state index is 12.2. The predicted octanol–water partition coefficient (Wildman–Crippen LogP) is 2.23. The van der Waals surface area contributed by atoms with Gasteiger partial charge in [-0.2, -0.15) is 0 Å². The molecular formula is C20H23N5O2S. The average Bonchev–Trinajstić information content (AvgIpc) is 3.41. The highest BCUT2D eigenvalue weighted by Crippen LogP contribution is 2.23. The molecule has 0 spiro atoms. The maximum Gasteiger partial charge on any atom is 0.257 e. The fourth-order valence-electron chi connectivity index (χ4n) is 3.17. The van der Waals surface area contributed by atoms with Crippen LogP contribution in [0.4, 0.5) is 0 Å². The van der Waals surface area contributed by atoms with E-state index in [1.165, 1.54) is 0 Å². The minimum atomic E-state index is 0.0646. The number of piperazine rings is 1. The largest absolute Gasteiger partial charge is 0.419 e. The van der Waals surface area contributed by atoms with Crippen molar-refractivity contribution in [2.75, 3.05) is 32.7 Å². The molecule has 1 aliphatic rings. The van der Waals surface area contributed by atoms with Crippen molar-refractivity contribution in [3.63, 3.8) is 0 Å². The molecule has 0 atom stereocenters. The normalized spacial score (nSPS) is 15.6. The van der Waals surface area contributed by atoms with Crippen LogP contribution in [0.5, 0.6) is 0 Å². The number of carbonyl (C=O) groups is 1. The Hall–Kier alpha value is -2.55. The number of benzene rings is 1. The number of thiophene rings is 1. The Balaban J connectivity index is 1.19. The van der Waals surface area contributed by atoms with Gasteiger partial charge in [0.1, 0.15) is 0 Å². The van der Waals surface area contributed by atoms with Crippen molar-refractivity contribution in [2.45, 2.75) is 13.1 Å². The van der Waals surface area contributed by atoms with Crippen LogP contribution in [-0.2, 0) is 17.9 Å². The van der Waals surface area contributed by atoms with Crippen LogP contribution >= 0.6 is 11.3 Å². The van der Waals surface area contributed by atoms with Gasteiger partial charge in [-0.1, -0.05) is 36.4 Å². The number of amides is 1. The van der Waals surface area contributed by atoms with Gasteiger partial charge < -0.3 is 9.73 Å². The van der Waals surface area contributed by atoms with Gasteiger partial charge in [0.15, 0.2) is 0 Å². The van der Waals surface area contributed by atoms with Crippen LogP contribution in [0.2, 0.25) is 0 Å². The molecule has 0 unspecified atom stereocenters. The zero-order valence-electron chi connectivity index (χ0n) is 15.6. The monoisotopic (exact) mass is 397 g/mol. The van der Waals surface area contributed by atoms with E-state index in [1.807, 2.05) is 47.8 Å². The number of aromatic nitrogens is 2. The van der Waals surface area contributed by atoms with E-state index in [2.05, 4.69) is 25.3 Å². The zero-order chi connectivity index (χ0) is 19.2. The van der Waals surface area contributed by atoms with E-state index >= 15 is 0 Å².